The van der Waals surface area contributed by atoms with Crippen LogP contribution < -0.4 is 4.72 Å². The van der Waals surface area contributed by atoms with Crippen LogP contribution in [0.25, 0.3) is 0 Å². The number of carbonyl (C=O) groups is 1. The Bertz CT molecular complexity index is 953. The van der Waals surface area contributed by atoms with Gasteiger partial charge in [-0.2, -0.15) is 5.26 Å². The maximum Gasteiger partial charge on any atom is 0.270 e. The lowest BCUT2D eigenvalue weighted by molar-refractivity contribution is 0.0649. The van der Waals surface area contributed by atoms with Crippen LogP contribution in [0, 0.1) is 11.3 Å². The van der Waals surface area contributed by atoms with Crippen LogP contribution in [0.4, 0.5) is 5.69 Å². The van der Waals surface area contributed by atoms with Crippen LogP contribution in [-0.2, 0) is 16.6 Å². The molecule has 1 aliphatic heterocycles. The predicted molar refractivity (Wildman–Crippen MR) is 92.6 cm³/mol. The molecule has 0 atom stereocenters. The monoisotopic (exact) mass is 358 g/mol. The Morgan fingerprint density at radius 2 is 1.88 bits per heavy atom. The van der Waals surface area contributed by atoms with Crippen molar-refractivity contribution in [2.45, 2.75) is 31.3 Å². The van der Waals surface area contributed by atoms with Crippen molar-refractivity contribution in [2.24, 2.45) is 0 Å². The number of aromatic nitrogens is 1. The number of sulfonamides is 1. The molecule has 7 nitrogen and oxygen atoms in total. The minimum Gasteiger partial charge on any atom is -0.340 e. The average molecular weight is 358 g/mol. The number of fused-ring (bicyclic) bond motifs is 1. The Labute approximate surface area is 146 Å². The Morgan fingerprint density at radius 3 is 2.48 bits per heavy atom. The van der Waals surface area contributed by atoms with E-state index in [9.17, 15) is 13.2 Å². The summed E-state index contributed by atoms with van der Waals surface area (Å²) in [7, 11) is -3.81. The van der Waals surface area contributed by atoms with E-state index in [0.717, 1.165) is 0 Å². The van der Waals surface area contributed by atoms with Gasteiger partial charge in [-0.25, -0.2) is 8.42 Å². The molecule has 0 radical (unpaired) electrons. The SMILES string of the molecule is CC(C)N1CCn2cc(S(=O)(=O)Nc3ccc(C#N)cc3)cc2C1=O. The number of carbonyl (C=O) groups excluding carboxylic acids is 1. The molecule has 3 rings (SSSR count). The third-order valence-electron chi connectivity index (χ3n) is 4.13. The van der Waals surface area contributed by atoms with Gasteiger partial charge in [-0.1, -0.05) is 0 Å². The highest BCUT2D eigenvalue weighted by molar-refractivity contribution is 7.92. The Kier molecular flexibility index (Phi) is 4.27. The molecule has 1 N–H and O–H groups in total. The average Bonchev–Trinajstić information content (AvgIpc) is 3.01. The minimum absolute atomic E-state index is 0.0471. The summed E-state index contributed by atoms with van der Waals surface area (Å²) in [4.78, 5) is 14.3. The van der Waals surface area contributed by atoms with Gasteiger partial charge in [0.2, 0.25) is 0 Å². The van der Waals surface area contributed by atoms with E-state index in [2.05, 4.69) is 4.72 Å². The zero-order chi connectivity index (χ0) is 18.2. The number of hydrogen-bond donors (Lipinski definition) is 1. The zero-order valence-electron chi connectivity index (χ0n) is 13.9. The van der Waals surface area contributed by atoms with Crippen molar-refractivity contribution in [3.63, 3.8) is 0 Å². The molecule has 25 heavy (non-hydrogen) atoms. The second-order valence-electron chi connectivity index (χ2n) is 6.14. The summed E-state index contributed by atoms with van der Waals surface area (Å²) >= 11 is 0. The molecule has 2 heterocycles. The largest absolute Gasteiger partial charge is 0.340 e. The van der Waals surface area contributed by atoms with Crippen molar-refractivity contribution in [1.82, 2.24) is 9.47 Å². The van der Waals surface area contributed by atoms with Gasteiger partial charge in [-0.15, -0.1) is 0 Å². The topological polar surface area (TPSA) is 95.2 Å². The number of nitrogens with one attached hydrogen (secondary N) is 1. The van der Waals surface area contributed by atoms with E-state index >= 15 is 0 Å². The van der Waals surface area contributed by atoms with Crippen molar-refractivity contribution in [3.8, 4) is 6.07 Å². The molecule has 0 bridgehead atoms. The molecule has 2 aromatic rings. The van der Waals surface area contributed by atoms with Crippen molar-refractivity contribution in [3.05, 3.63) is 47.8 Å². The second-order valence-corrected chi connectivity index (χ2v) is 7.82. The molecule has 0 unspecified atom stereocenters. The van der Waals surface area contributed by atoms with E-state index in [4.69, 9.17) is 5.26 Å². The van der Waals surface area contributed by atoms with Gasteiger partial charge in [0.15, 0.2) is 0 Å². The highest BCUT2D eigenvalue weighted by Crippen LogP contribution is 2.23. The van der Waals surface area contributed by atoms with Crippen molar-refractivity contribution in [2.75, 3.05) is 11.3 Å². The van der Waals surface area contributed by atoms with Gasteiger partial charge in [-0.3, -0.25) is 9.52 Å². The Balaban J connectivity index is 1.88. The summed E-state index contributed by atoms with van der Waals surface area (Å²) < 4.78 is 29.3. The predicted octanol–water partition coefficient (Wildman–Crippen LogP) is 2.02. The lowest BCUT2D eigenvalue weighted by Crippen LogP contribution is -2.43. The molecule has 0 spiro atoms. The molecule has 0 saturated carbocycles. The van der Waals surface area contributed by atoms with Gasteiger partial charge >= 0.3 is 0 Å². The van der Waals surface area contributed by atoms with Gasteiger partial charge in [0, 0.05) is 31.0 Å². The molecule has 130 valence electrons. The van der Waals surface area contributed by atoms with E-state index in [1.54, 1.807) is 9.47 Å². The van der Waals surface area contributed by atoms with Gasteiger partial charge < -0.3 is 9.47 Å². The van der Waals surface area contributed by atoms with E-state index in [0.29, 0.717) is 30.0 Å². The molecule has 1 aromatic heterocycles. The minimum atomic E-state index is -3.81. The van der Waals surface area contributed by atoms with Crippen LogP contribution in [-0.4, -0.2) is 36.4 Å². The quantitative estimate of drug-likeness (QED) is 0.904. The standard InChI is InChI=1S/C17H18N4O3S/c1-12(2)21-8-7-20-11-15(9-16(20)17(21)22)25(23,24)19-14-5-3-13(10-18)4-6-14/h3-6,9,11-12,19H,7-8H2,1-2H3. The first kappa shape index (κ1) is 17.0. The van der Waals surface area contributed by atoms with Crippen LogP contribution in [0.3, 0.4) is 0 Å². The molecular weight excluding hydrogens is 340 g/mol. The Hall–Kier alpha value is -2.79. The summed E-state index contributed by atoms with van der Waals surface area (Å²) in [5.74, 6) is -0.166. The van der Waals surface area contributed by atoms with Crippen LogP contribution in [0.2, 0.25) is 0 Å². The van der Waals surface area contributed by atoms with Crippen molar-refractivity contribution in [1.29, 1.82) is 5.26 Å². The smallest absolute Gasteiger partial charge is 0.270 e. The van der Waals surface area contributed by atoms with Gasteiger partial charge in [-0.05, 0) is 44.2 Å². The number of nitriles is 1. The molecule has 1 aromatic carbocycles. The fourth-order valence-electron chi connectivity index (χ4n) is 2.78. The zero-order valence-corrected chi connectivity index (χ0v) is 14.7. The number of hydrogen-bond acceptors (Lipinski definition) is 4. The first-order valence-corrected chi connectivity index (χ1v) is 9.34. The van der Waals surface area contributed by atoms with Crippen molar-refractivity contribution >= 4 is 21.6 Å². The van der Waals surface area contributed by atoms with E-state index in [-0.39, 0.29) is 16.8 Å². The molecule has 0 fully saturated rings. The maximum absolute atomic E-state index is 12.6. The highest BCUT2D eigenvalue weighted by Gasteiger charge is 2.29. The summed E-state index contributed by atoms with van der Waals surface area (Å²) in [6, 6.07) is 9.57. The van der Waals surface area contributed by atoms with Gasteiger partial charge in [0.1, 0.15) is 10.6 Å². The van der Waals surface area contributed by atoms with E-state index < -0.39 is 10.0 Å². The fourth-order valence-corrected chi connectivity index (χ4v) is 3.88. The highest BCUT2D eigenvalue weighted by atomic mass is 32.2. The van der Waals surface area contributed by atoms with Gasteiger partial charge in [0.05, 0.1) is 11.6 Å². The van der Waals surface area contributed by atoms with Crippen LogP contribution in [0.1, 0.15) is 29.9 Å². The van der Waals surface area contributed by atoms with Crippen molar-refractivity contribution < 1.29 is 13.2 Å². The first-order valence-electron chi connectivity index (χ1n) is 7.86. The summed E-state index contributed by atoms with van der Waals surface area (Å²) in [5.41, 5.74) is 1.18. The molecule has 0 saturated heterocycles. The van der Waals surface area contributed by atoms with Gasteiger partial charge in [0.25, 0.3) is 15.9 Å². The number of benzene rings is 1. The number of amides is 1. The van der Waals surface area contributed by atoms with Crippen LogP contribution in [0.5, 0.6) is 0 Å². The van der Waals surface area contributed by atoms with E-state index in [1.165, 1.54) is 36.5 Å². The fraction of sp³-hybridized carbons (Fsp3) is 0.294. The molecule has 8 heteroatoms. The van der Waals surface area contributed by atoms with Crippen LogP contribution in [0.15, 0.2) is 41.4 Å². The third kappa shape index (κ3) is 3.23. The second kappa shape index (κ2) is 6.26. The molecule has 0 aliphatic carbocycles. The number of nitrogens with zero attached hydrogens (tertiary/aromatic N) is 3. The number of anilines is 1. The molecule has 1 amide bonds. The third-order valence-corrected chi connectivity index (χ3v) is 5.48. The van der Waals surface area contributed by atoms with Crippen LogP contribution >= 0.6 is 0 Å². The lowest BCUT2D eigenvalue weighted by Gasteiger charge is -2.31. The number of rotatable bonds is 4. The molecule has 1 aliphatic rings. The normalized spacial score (nSPS) is 14.3. The summed E-state index contributed by atoms with van der Waals surface area (Å²) in [6.07, 6.45) is 1.48. The maximum atomic E-state index is 12.6. The lowest BCUT2D eigenvalue weighted by atomic mass is 10.2. The molecular formula is C17H18N4O3S. The van der Waals surface area contributed by atoms with E-state index in [1.807, 2.05) is 19.9 Å². The summed E-state index contributed by atoms with van der Waals surface area (Å²) in [6.45, 7) is 4.98. The Morgan fingerprint density at radius 1 is 1.20 bits per heavy atom. The summed E-state index contributed by atoms with van der Waals surface area (Å²) in [5, 5.41) is 8.79. The first-order chi connectivity index (χ1) is 11.8.